The van der Waals surface area contributed by atoms with Gasteiger partial charge in [-0.2, -0.15) is 0 Å². The number of carbonyl (C=O) groups excluding carboxylic acids is 1. The average molecular weight is 491 g/mol. The van der Waals surface area contributed by atoms with Gasteiger partial charge in [0.15, 0.2) is 0 Å². The monoisotopic (exact) mass is 490 g/mol. The van der Waals surface area contributed by atoms with Gasteiger partial charge in [-0.25, -0.2) is 5.48 Å². The number of benzene rings is 3. The van der Waals surface area contributed by atoms with Gasteiger partial charge in [-0.1, -0.05) is 61.0 Å². The molecular weight excluding hydrogens is 452 g/mol. The smallest absolute Gasteiger partial charge is 0.290 e. The molecule has 0 aromatic heterocycles. The van der Waals surface area contributed by atoms with Gasteiger partial charge in [-0.3, -0.25) is 14.4 Å². The van der Waals surface area contributed by atoms with Crippen LogP contribution in [-0.4, -0.2) is 29.1 Å². The Morgan fingerprint density at radius 2 is 1.69 bits per heavy atom. The molecule has 0 unspecified atom stereocenters. The Kier molecular flexibility index (Phi) is 9.62. The second-order valence-electron chi connectivity index (χ2n) is 10.4. The van der Waals surface area contributed by atoms with E-state index < -0.39 is 5.60 Å². The van der Waals surface area contributed by atoms with Crippen molar-refractivity contribution < 1.29 is 19.5 Å². The minimum atomic E-state index is -0.414. The molecule has 0 radical (unpaired) electrons. The maximum absolute atomic E-state index is 12.3. The Morgan fingerprint density at radius 3 is 2.39 bits per heavy atom. The molecule has 3 N–H and O–H groups in total. The maximum Gasteiger partial charge on any atom is 0.290 e. The maximum atomic E-state index is 12.3. The highest BCUT2D eigenvalue weighted by atomic mass is 16.7. The van der Waals surface area contributed by atoms with E-state index in [0.29, 0.717) is 23.6 Å². The molecule has 0 aliphatic heterocycles. The first-order valence-electron chi connectivity index (χ1n) is 12.6. The Hall–Kier alpha value is -3.22. The molecule has 0 heterocycles. The first-order valence-corrected chi connectivity index (χ1v) is 12.6. The summed E-state index contributed by atoms with van der Waals surface area (Å²) in [6.07, 6.45) is 4.73. The van der Waals surface area contributed by atoms with Crippen LogP contribution in [0.2, 0.25) is 0 Å². The van der Waals surface area contributed by atoms with Gasteiger partial charge in [0.05, 0.1) is 5.60 Å². The fraction of sp³-hybridized carbons (Fsp3) is 0.400. The summed E-state index contributed by atoms with van der Waals surface area (Å²) in [4.78, 5) is 26.1. The van der Waals surface area contributed by atoms with E-state index in [-0.39, 0.29) is 12.4 Å². The summed E-state index contributed by atoms with van der Waals surface area (Å²) in [7, 11) is 0. The van der Waals surface area contributed by atoms with Crippen molar-refractivity contribution in [2.75, 3.05) is 0 Å². The molecule has 4 rings (SSSR count). The summed E-state index contributed by atoms with van der Waals surface area (Å²) in [5.74, 6) is 0.308. The zero-order chi connectivity index (χ0) is 26.1. The molecule has 0 saturated heterocycles. The highest BCUT2D eigenvalue weighted by Crippen LogP contribution is 2.34. The Balaban J connectivity index is 0.00000115. The van der Waals surface area contributed by atoms with E-state index in [0.717, 1.165) is 6.42 Å². The number of hydroxylamine groups is 1. The molecule has 192 valence electrons. The Morgan fingerprint density at radius 1 is 1.03 bits per heavy atom. The van der Waals surface area contributed by atoms with Gasteiger partial charge in [0.25, 0.3) is 12.4 Å². The van der Waals surface area contributed by atoms with Crippen LogP contribution >= 0.6 is 0 Å². The summed E-state index contributed by atoms with van der Waals surface area (Å²) >= 11 is 0. The topological polar surface area (TPSA) is 87.7 Å². The van der Waals surface area contributed by atoms with Crippen molar-refractivity contribution in [1.82, 2.24) is 10.8 Å². The van der Waals surface area contributed by atoms with E-state index in [1.54, 1.807) is 0 Å². The van der Waals surface area contributed by atoms with Crippen LogP contribution in [0.1, 0.15) is 86.8 Å². The number of rotatable bonds is 6. The van der Waals surface area contributed by atoms with Crippen LogP contribution < -0.4 is 10.8 Å². The lowest BCUT2D eigenvalue weighted by atomic mass is 9.80. The van der Waals surface area contributed by atoms with Gasteiger partial charge in [0.2, 0.25) is 0 Å². The average Bonchev–Trinajstić information content (AvgIpc) is 2.87. The quantitative estimate of drug-likeness (QED) is 0.276. The summed E-state index contributed by atoms with van der Waals surface area (Å²) < 4.78 is 0. The van der Waals surface area contributed by atoms with Crippen molar-refractivity contribution in [3.8, 4) is 0 Å². The molecule has 1 fully saturated rings. The van der Waals surface area contributed by atoms with Crippen LogP contribution in [0, 0.1) is 0 Å². The van der Waals surface area contributed by atoms with Crippen LogP contribution in [0.3, 0.4) is 0 Å². The molecule has 1 amide bonds. The lowest BCUT2D eigenvalue weighted by Crippen LogP contribution is -2.35. The molecule has 3 aromatic carbocycles. The molecule has 6 heteroatoms. The van der Waals surface area contributed by atoms with Crippen molar-refractivity contribution >= 4 is 23.2 Å². The summed E-state index contributed by atoms with van der Waals surface area (Å²) in [5, 5.41) is 13.4. The van der Waals surface area contributed by atoms with Gasteiger partial charge in [0.1, 0.15) is 0 Å². The van der Waals surface area contributed by atoms with Crippen LogP contribution in [0.5, 0.6) is 0 Å². The molecule has 1 aliphatic rings. The molecule has 3 atom stereocenters. The molecule has 3 aromatic rings. The molecule has 1 saturated carbocycles. The summed E-state index contributed by atoms with van der Waals surface area (Å²) in [5.41, 5.74) is 5.43. The van der Waals surface area contributed by atoms with E-state index >= 15 is 0 Å². The second-order valence-corrected chi connectivity index (χ2v) is 10.4. The van der Waals surface area contributed by atoms with Crippen LogP contribution in [-0.2, 0) is 9.63 Å². The summed E-state index contributed by atoms with van der Waals surface area (Å²) in [6, 6.07) is 24.0. The Labute approximate surface area is 214 Å². The van der Waals surface area contributed by atoms with Gasteiger partial charge < -0.3 is 10.4 Å². The number of hydrogen-bond donors (Lipinski definition) is 3. The standard InChI is InChI=1S/C29H36N2O2.CH2O2/c1-20(26-14-8-10-22-9-5-6-13-27(22)26)30-25-12-7-11-24(19-25)21-15-17-23(18-16-21)28(32)31-33-29(2,3)4;2-1-3/h5-6,8-10,13-18,20,24-25,30H,7,11-12,19H2,1-4H3,(H,31,32);1H,(H,2,3)/t20-,24+,25+;/m1./s1. The molecule has 0 spiro atoms. The summed E-state index contributed by atoms with van der Waals surface area (Å²) in [6.45, 7) is 7.75. The molecule has 36 heavy (non-hydrogen) atoms. The largest absolute Gasteiger partial charge is 0.483 e. The van der Waals surface area contributed by atoms with Crippen molar-refractivity contribution in [3.63, 3.8) is 0 Å². The number of hydrogen-bond acceptors (Lipinski definition) is 4. The normalized spacial score (nSPS) is 18.6. The van der Waals surface area contributed by atoms with E-state index in [2.05, 4.69) is 72.3 Å². The van der Waals surface area contributed by atoms with Gasteiger partial charge in [0, 0.05) is 17.6 Å². The predicted octanol–water partition coefficient (Wildman–Crippen LogP) is 6.38. The van der Waals surface area contributed by atoms with Crippen molar-refractivity contribution in [1.29, 1.82) is 0 Å². The Bertz CT molecular complexity index is 1130. The minimum Gasteiger partial charge on any atom is -0.483 e. The third kappa shape index (κ3) is 7.64. The fourth-order valence-electron chi connectivity index (χ4n) is 4.88. The number of nitrogens with one attached hydrogen (secondary N) is 2. The van der Waals surface area contributed by atoms with Crippen molar-refractivity contribution in [3.05, 3.63) is 83.4 Å². The zero-order valence-electron chi connectivity index (χ0n) is 21.7. The minimum absolute atomic E-state index is 0.205. The fourth-order valence-corrected chi connectivity index (χ4v) is 4.88. The highest BCUT2D eigenvalue weighted by Gasteiger charge is 2.25. The first kappa shape index (κ1) is 27.4. The molecule has 0 bridgehead atoms. The number of amides is 1. The number of carboxylic acid groups (broad SMARTS) is 1. The second kappa shape index (κ2) is 12.7. The molecule has 6 nitrogen and oxygen atoms in total. The lowest BCUT2D eigenvalue weighted by molar-refractivity contribution is -0.122. The van der Waals surface area contributed by atoms with Crippen LogP contribution in [0.4, 0.5) is 0 Å². The van der Waals surface area contributed by atoms with Gasteiger partial charge >= 0.3 is 0 Å². The van der Waals surface area contributed by atoms with E-state index in [1.807, 2.05) is 32.9 Å². The SMILES string of the molecule is C[C@@H](N[C@H]1CCC[C@H](c2ccc(C(=O)NOC(C)(C)C)cc2)C1)c1cccc2ccccc12.O=CO. The van der Waals surface area contributed by atoms with Crippen molar-refractivity contribution in [2.24, 2.45) is 0 Å². The third-order valence-electron chi connectivity index (χ3n) is 6.54. The van der Waals surface area contributed by atoms with Gasteiger partial charge in [-0.15, -0.1) is 0 Å². The highest BCUT2D eigenvalue weighted by molar-refractivity contribution is 5.93. The van der Waals surface area contributed by atoms with Gasteiger partial charge in [-0.05, 0) is 86.9 Å². The molecular formula is C30H38N2O4. The number of carbonyl (C=O) groups is 2. The molecule has 1 aliphatic carbocycles. The lowest BCUT2D eigenvalue weighted by Gasteiger charge is -2.32. The van der Waals surface area contributed by atoms with Crippen LogP contribution in [0.25, 0.3) is 10.8 Å². The van der Waals surface area contributed by atoms with Crippen LogP contribution in [0.15, 0.2) is 66.7 Å². The zero-order valence-corrected chi connectivity index (χ0v) is 21.7. The van der Waals surface area contributed by atoms with E-state index in [9.17, 15) is 4.79 Å². The third-order valence-corrected chi connectivity index (χ3v) is 6.54. The van der Waals surface area contributed by atoms with E-state index in [1.165, 1.54) is 41.2 Å². The van der Waals surface area contributed by atoms with Crippen molar-refractivity contribution in [2.45, 2.75) is 77.0 Å². The van der Waals surface area contributed by atoms with E-state index in [4.69, 9.17) is 14.7 Å². The first-order chi connectivity index (χ1) is 17.2. The number of fused-ring (bicyclic) bond motifs is 1. The predicted molar refractivity (Wildman–Crippen MR) is 144 cm³/mol.